The fraction of sp³-hybridized carbons (Fsp3) is 0.435. The summed E-state index contributed by atoms with van der Waals surface area (Å²) in [7, 11) is 3.13. The zero-order chi connectivity index (χ0) is 19.9. The smallest absolute Gasteiger partial charge is 0.255 e. The molecule has 28 heavy (non-hydrogen) atoms. The number of piperidine rings is 1. The topological polar surface area (TPSA) is 50.8 Å². The van der Waals surface area contributed by atoms with E-state index < -0.39 is 0 Å². The van der Waals surface area contributed by atoms with Gasteiger partial charge < -0.3 is 14.8 Å². The zero-order valence-corrected chi connectivity index (χ0v) is 17.0. The number of rotatable bonds is 7. The highest BCUT2D eigenvalue weighted by Crippen LogP contribution is 2.30. The molecular formula is C23H30N2O3. The van der Waals surface area contributed by atoms with Crippen molar-refractivity contribution in [3.05, 3.63) is 59.2 Å². The highest BCUT2D eigenvalue weighted by Gasteiger charge is 2.22. The molecule has 2 aromatic rings. The number of benzene rings is 2. The molecule has 1 unspecified atom stereocenters. The van der Waals surface area contributed by atoms with Crippen molar-refractivity contribution >= 4 is 5.91 Å². The summed E-state index contributed by atoms with van der Waals surface area (Å²) in [4.78, 5) is 15.2. The highest BCUT2D eigenvalue weighted by molar-refractivity contribution is 5.97. The molecule has 1 N–H and O–H groups in total. The molecule has 1 amide bonds. The van der Waals surface area contributed by atoms with Crippen LogP contribution in [0.4, 0.5) is 0 Å². The molecule has 1 saturated heterocycles. The maximum atomic E-state index is 12.7. The highest BCUT2D eigenvalue weighted by atomic mass is 16.5. The number of amides is 1. The summed E-state index contributed by atoms with van der Waals surface area (Å²) >= 11 is 0. The minimum Gasteiger partial charge on any atom is -0.493 e. The molecule has 1 atom stereocenters. The first kappa shape index (κ1) is 20.2. The average molecular weight is 383 g/mol. The Kier molecular flexibility index (Phi) is 6.93. The summed E-state index contributed by atoms with van der Waals surface area (Å²) < 4.78 is 10.7. The molecule has 0 saturated carbocycles. The lowest BCUT2D eigenvalue weighted by atomic mass is 9.97. The first-order valence-corrected chi connectivity index (χ1v) is 9.87. The van der Waals surface area contributed by atoms with Gasteiger partial charge in [-0.2, -0.15) is 0 Å². The molecule has 0 aliphatic carbocycles. The summed E-state index contributed by atoms with van der Waals surface area (Å²) in [6.45, 7) is 5.87. The summed E-state index contributed by atoms with van der Waals surface area (Å²) in [5, 5.41) is 3.09. The monoisotopic (exact) mass is 382 g/mol. The van der Waals surface area contributed by atoms with Crippen LogP contribution in [0.15, 0.2) is 42.5 Å². The Morgan fingerprint density at radius 3 is 2.64 bits per heavy atom. The van der Waals surface area contributed by atoms with Gasteiger partial charge in [0.15, 0.2) is 11.5 Å². The second-order valence-electron chi connectivity index (χ2n) is 7.48. The van der Waals surface area contributed by atoms with Crippen LogP contribution >= 0.6 is 0 Å². The van der Waals surface area contributed by atoms with E-state index in [1.54, 1.807) is 32.4 Å². The van der Waals surface area contributed by atoms with E-state index in [2.05, 4.69) is 41.4 Å². The molecule has 5 nitrogen and oxygen atoms in total. The van der Waals surface area contributed by atoms with E-state index in [9.17, 15) is 4.79 Å². The van der Waals surface area contributed by atoms with Crippen LogP contribution in [-0.4, -0.2) is 44.7 Å². The van der Waals surface area contributed by atoms with Gasteiger partial charge in [-0.15, -0.1) is 0 Å². The van der Waals surface area contributed by atoms with Gasteiger partial charge in [-0.05, 0) is 49.9 Å². The molecule has 0 aromatic heterocycles. The summed E-state index contributed by atoms with van der Waals surface area (Å²) in [5.41, 5.74) is 3.14. The fourth-order valence-corrected chi connectivity index (χ4v) is 3.81. The second-order valence-corrected chi connectivity index (χ2v) is 7.48. The predicted molar refractivity (Wildman–Crippen MR) is 111 cm³/mol. The molecular weight excluding hydrogens is 352 g/mol. The van der Waals surface area contributed by atoms with Gasteiger partial charge >= 0.3 is 0 Å². The molecule has 1 aliphatic heterocycles. The molecule has 3 rings (SSSR count). The van der Waals surface area contributed by atoms with Gasteiger partial charge in [-0.3, -0.25) is 9.69 Å². The number of para-hydroxylation sites is 1. The number of hydrogen-bond acceptors (Lipinski definition) is 4. The Hall–Kier alpha value is -2.53. The van der Waals surface area contributed by atoms with Crippen molar-refractivity contribution in [2.24, 2.45) is 5.92 Å². The molecule has 1 heterocycles. The minimum atomic E-state index is -0.119. The van der Waals surface area contributed by atoms with Crippen LogP contribution < -0.4 is 14.8 Å². The van der Waals surface area contributed by atoms with E-state index >= 15 is 0 Å². The van der Waals surface area contributed by atoms with Crippen molar-refractivity contribution in [2.45, 2.75) is 26.3 Å². The normalized spacial score (nSPS) is 17.2. The molecule has 1 fully saturated rings. The summed E-state index contributed by atoms with van der Waals surface area (Å²) in [5.74, 6) is 1.38. The molecule has 5 heteroatoms. The van der Waals surface area contributed by atoms with Crippen molar-refractivity contribution < 1.29 is 14.3 Å². The third kappa shape index (κ3) is 5.04. The van der Waals surface area contributed by atoms with Crippen molar-refractivity contribution in [3.8, 4) is 11.5 Å². The Balaban J connectivity index is 1.55. The summed E-state index contributed by atoms with van der Waals surface area (Å²) in [6.07, 6.45) is 2.30. The first-order valence-electron chi connectivity index (χ1n) is 9.87. The van der Waals surface area contributed by atoms with Crippen molar-refractivity contribution in [1.29, 1.82) is 0 Å². The first-order chi connectivity index (χ1) is 13.6. The maximum absolute atomic E-state index is 12.7. The zero-order valence-electron chi connectivity index (χ0n) is 17.0. The quantitative estimate of drug-likeness (QED) is 0.794. The van der Waals surface area contributed by atoms with Gasteiger partial charge in [0.05, 0.1) is 19.8 Å². The summed E-state index contributed by atoms with van der Waals surface area (Å²) in [6, 6.07) is 14.1. The van der Waals surface area contributed by atoms with Crippen LogP contribution in [0.2, 0.25) is 0 Å². The minimum absolute atomic E-state index is 0.119. The van der Waals surface area contributed by atoms with E-state index in [-0.39, 0.29) is 5.91 Å². The molecule has 1 aliphatic rings. The van der Waals surface area contributed by atoms with Gasteiger partial charge in [0.1, 0.15) is 0 Å². The van der Waals surface area contributed by atoms with E-state index in [4.69, 9.17) is 9.47 Å². The molecule has 0 radical (unpaired) electrons. The lowest BCUT2D eigenvalue weighted by molar-refractivity contribution is 0.0927. The van der Waals surface area contributed by atoms with Crippen molar-refractivity contribution in [2.75, 3.05) is 33.9 Å². The van der Waals surface area contributed by atoms with Gasteiger partial charge in [0.25, 0.3) is 5.91 Å². The maximum Gasteiger partial charge on any atom is 0.255 e. The van der Waals surface area contributed by atoms with Gasteiger partial charge in [0, 0.05) is 19.6 Å². The number of carbonyl (C=O) groups excluding carboxylic acids is 1. The Morgan fingerprint density at radius 2 is 1.93 bits per heavy atom. The van der Waals surface area contributed by atoms with E-state index in [0.717, 1.165) is 32.5 Å². The number of hydrogen-bond donors (Lipinski definition) is 1. The number of methoxy groups -OCH3 is 2. The lowest BCUT2D eigenvalue weighted by Crippen LogP contribution is -2.40. The Labute approximate surface area is 167 Å². The van der Waals surface area contributed by atoms with Gasteiger partial charge in [0.2, 0.25) is 0 Å². The molecule has 0 bridgehead atoms. The molecule has 2 aromatic carbocycles. The fourth-order valence-electron chi connectivity index (χ4n) is 3.81. The number of nitrogens with zero attached hydrogens (tertiary/aromatic N) is 1. The third-order valence-corrected chi connectivity index (χ3v) is 5.33. The number of likely N-dealkylation sites (tertiary alicyclic amines) is 1. The van der Waals surface area contributed by atoms with Gasteiger partial charge in [-0.25, -0.2) is 0 Å². The number of carbonyl (C=O) groups is 1. The van der Waals surface area contributed by atoms with E-state index in [1.807, 2.05) is 0 Å². The standard InChI is InChI=1S/C23H30N2O3/c1-17-9-11-18(12-10-17)15-25-13-5-6-19(16-25)14-24-23(26)20-7-4-8-21(27-2)22(20)28-3/h4,7-12,19H,5-6,13-16H2,1-3H3,(H,24,26). The molecule has 150 valence electrons. The average Bonchev–Trinajstić information content (AvgIpc) is 2.73. The van der Waals surface area contributed by atoms with Gasteiger partial charge in [-0.1, -0.05) is 35.9 Å². The third-order valence-electron chi connectivity index (χ3n) is 5.33. The number of ether oxygens (including phenoxy) is 2. The van der Waals surface area contributed by atoms with E-state index in [1.165, 1.54) is 11.1 Å². The van der Waals surface area contributed by atoms with Crippen LogP contribution in [-0.2, 0) is 6.54 Å². The predicted octanol–water partition coefficient (Wildman–Crippen LogP) is 3.65. The second kappa shape index (κ2) is 9.60. The number of aryl methyl sites for hydroxylation is 1. The van der Waals surface area contributed by atoms with E-state index in [0.29, 0.717) is 29.5 Å². The lowest BCUT2D eigenvalue weighted by Gasteiger charge is -2.33. The molecule has 0 spiro atoms. The van der Waals surface area contributed by atoms with Crippen LogP contribution in [0.25, 0.3) is 0 Å². The number of nitrogens with one attached hydrogen (secondary N) is 1. The SMILES string of the molecule is COc1cccc(C(=O)NCC2CCCN(Cc3ccc(C)cc3)C2)c1OC. The van der Waals surface area contributed by atoms with Crippen LogP contribution in [0, 0.1) is 12.8 Å². The Morgan fingerprint density at radius 1 is 1.14 bits per heavy atom. The van der Waals surface area contributed by atoms with Crippen molar-refractivity contribution in [1.82, 2.24) is 10.2 Å². The largest absolute Gasteiger partial charge is 0.493 e. The Bertz CT molecular complexity index is 789. The van der Waals surface area contributed by atoms with Crippen LogP contribution in [0.5, 0.6) is 11.5 Å². The van der Waals surface area contributed by atoms with Crippen LogP contribution in [0.1, 0.15) is 34.3 Å². The van der Waals surface area contributed by atoms with Crippen LogP contribution in [0.3, 0.4) is 0 Å². The van der Waals surface area contributed by atoms with Crippen molar-refractivity contribution in [3.63, 3.8) is 0 Å².